The highest BCUT2D eigenvalue weighted by molar-refractivity contribution is 6.30. The van der Waals surface area contributed by atoms with Crippen LogP contribution in [0, 0.1) is 0 Å². The topological polar surface area (TPSA) is 79.0 Å². The van der Waals surface area contributed by atoms with Gasteiger partial charge in [0, 0.05) is 30.2 Å². The maximum atomic E-state index is 12.2. The number of aromatic nitrogens is 2. The second kappa shape index (κ2) is 7.59. The van der Waals surface area contributed by atoms with Crippen molar-refractivity contribution in [2.45, 2.75) is 19.1 Å². The van der Waals surface area contributed by atoms with E-state index in [0.717, 1.165) is 29.9 Å². The van der Waals surface area contributed by atoms with Crippen molar-refractivity contribution in [2.75, 3.05) is 19.7 Å². The molecule has 6 nitrogen and oxygen atoms in total. The molecule has 3 N–H and O–H groups in total. The molecule has 0 bridgehead atoms. The number of fused-ring (bicyclic) bond motifs is 1. The van der Waals surface area contributed by atoms with Gasteiger partial charge in [0.05, 0.1) is 25.2 Å². The van der Waals surface area contributed by atoms with Crippen LogP contribution in [0.1, 0.15) is 23.0 Å². The Kier molecular flexibility index (Phi) is 5.27. The second-order valence-electron chi connectivity index (χ2n) is 5.37. The SMILES string of the molecule is O=C(NCCOCc1ccc(Cl)cc1)[C@@H]1NCCc2[nH]cnc21. The largest absolute Gasteiger partial charge is 0.375 e. The van der Waals surface area contributed by atoms with E-state index in [-0.39, 0.29) is 11.9 Å². The monoisotopic (exact) mass is 334 g/mol. The third-order valence-electron chi connectivity index (χ3n) is 3.74. The first-order valence-corrected chi connectivity index (χ1v) is 7.97. The fourth-order valence-corrected chi connectivity index (χ4v) is 2.68. The normalized spacial score (nSPS) is 16.8. The van der Waals surface area contributed by atoms with Gasteiger partial charge in [-0.1, -0.05) is 23.7 Å². The van der Waals surface area contributed by atoms with Crippen LogP contribution in [0.15, 0.2) is 30.6 Å². The van der Waals surface area contributed by atoms with Crippen molar-refractivity contribution in [2.24, 2.45) is 0 Å². The zero-order valence-electron chi connectivity index (χ0n) is 12.6. The van der Waals surface area contributed by atoms with Gasteiger partial charge in [-0.2, -0.15) is 0 Å². The molecular weight excluding hydrogens is 316 g/mol. The molecule has 0 spiro atoms. The summed E-state index contributed by atoms with van der Waals surface area (Å²) < 4.78 is 5.55. The van der Waals surface area contributed by atoms with Crippen LogP contribution in [-0.4, -0.2) is 35.6 Å². The first-order chi connectivity index (χ1) is 11.2. The summed E-state index contributed by atoms with van der Waals surface area (Å²) in [6, 6.07) is 7.12. The fourth-order valence-electron chi connectivity index (χ4n) is 2.55. The van der Waals surface area contributed by atoms with E-state index < -0.39 is 0 Å². The smallest absolute Gasteiger partial charge is 0.243 e. The molecule has 0 aliphatic carbocycles. The molecular formula is C16H19ClN4O2. The van der Waals surface area contributed by atoms with Crippen molar-refractivity contribution in [3.8, 4) is 0 Å². The molecule has 1 aromatic heterocycles. The van der Waals surface area contributed by atoms with Gasteiger partial charge in [-0.3, -0.25) is 4.79 Å². The number of imidazole rings is 1. The van der Waals surface area contributed by atoms with Crippen LogP contribution in [0.3, 0.4) is 0 Å². The van der Waals surface area contributed by atoms with Crippen LogP contribution in [0.25, 0.3) is 0 Å². The quantitative estimate of drug-likeness (QED) is 0.701. The first-order valence-electron chi connectivity index (χ1n) is 7.59. The Morgan fingerprint density at radius 1 is 1.39 bits per heavy atom. The predicted molar refractivity (Wildman–Crippen MR) is 87.2 cm³/mol. The molecule has 0 radical (unpaired) electrons. The summed E-state index contributed by atoms with van der Waals surface area (Å²) in [7, 11) is 0. The number of halogens is 1. The lowest BCUT2D eigenvalue weighted by Gasteiger charge is -2.22. The summed E-state index contributed by atoms with van der Waals surface area (Å²) in [5.74, 6) is -0.0758. The van der Waals surface area contributed by atoms with Gasteiger partial charge in [-0.15, -0.1) is 0 Å². The molecule has 3 rings (SSSR count). The van der Waals surface area contributed by atoms with Crippen molar-refractivity contribution in [1.82, 2.24) is 20.6 Å². The fraction of sp³-hybridized carbons (Fsp3) is 0.375. The van der Waals surface area contributed by atoms with Crippen LogP contribution in [0.4, 0.5) is 0 Å². The number of ether oxygens (including phenoxy) is 1. The highest BCUT2D eigenvalue weighted by atomic mass is 35.5. The molecule has 0 saturated heterocycles. The molecule has 0 fully saturated rings. The maximum absolute atomic E-state index is 12.2. The average molecular weight is 335 g/mol. The summed E-state index contributed by atoms with van der Waals surface area (Å²) in [6.07, 6.45) is 2.50. The number of hydrogen-bond acceptors (Lipinski definition) is 4. The molecule has 1 aliphatic rings. The Morgan fingerprint density at radius 2 is 2.22 bits per heavy atom. The Labute approximate surface area is 139 Å². The first kappa shape index (κ1) is 16.0. The molecule has 0 unspecified atom stereocenters. The van der Waals surface area contributed by atoms with E-state index in [4.69, 9.17) is 16.3 Å². The van der Waals surface area contributed by atoms with Gasteiger partial charge < -0.3 is 20.4 Å². The van der Waals surface area contributed by atoms with E-state index >= 15 is 0 Å². The van der Waals surface area contributed by atoms with Crippen molar-refractivity contribution >= 4 is 17.5 Å². The van der Waals surface area contributed by atoms with Gasteiger partial charge in [0.25, 0.3) is 0 Å². The standard InChI is InChI=1S/C16H19ClN4O2/c17-12-3-1-11(2-4-12)9-23-8-7-19-16(22)15-14-13(5-6-18-15)20-10-21-14/h1-4,10,15,18H,5-9H2,(H,19,22)(H,20,21)/t15-/m1/s1. The molecule has 1 atom stereocenters. The number of hydrogen-bond donors (Lipinski definition) is 3. The lowest BCUT2D eigenvalue weighted by molar-refractivity contribution is -0.123. The molecule has 7 heteroatoms. The summed E-state index contributed by atoms with van der Waals surface area (Å²) >= 11 is 5.83. The highest BCUT2D eigenvalue weighted by Gasteiger charge is 2.27. The minimum atomic E-state index is -0.388. The van der Waals surface area contributed by atoms with Gasteiger partial charge in [0.15, 0.2) is 0 Å². The number of carbonyl (C=O) groups is 1. The Hall–Kier alpha value is -1.89. The Morgan fingerprint density at radius 3 is 3.04 bits per heavy atom. The number of benzene rings is 1. The van der Waals surface area contributed by atoms with Gasteiger partial charge in [0.2, 0.25) is 5.91 Å². The predicted octanol–water partition coefficient (Wildman–Crippen LogP) is 1.58. The molecule has 122 valence electrons. The number of nitrogens with one attached hydrogen (secondary N) is 3. The van der Waals surface area contributed by atoms with E-state index in [1.807, 2.05) is 24.3 Å². The zero-order valence-corrected chi connectivity index (χ0v) is 13.4. The molecule has 0 saturated carbocycles. The number of amides is 1. The minimum absolute atomic E-state index is 0.0758. The highest BCUT2D eigenvalue weighted by Crippen LogP contribution is 2.18. The lowest BCUT2D eigenvalue weighted by atomic mass is 10.1. The summed E-state index contributed by atoms with van der Waals surface area (Å²) in [4.78, 5) is 19.5. The average Bonchev–Trinajstić information content (AvgIpc) is 3.04. The summed E-state index contributed by atoms with van der Waals surface area (Å²) in [6.45, 7) is 2.18. The van der Waals surface area contributed by atoms with Crippen LogP contribution in [0.5, 0.6) is 0 Å². The van der Waals surface area contributed by atoms with Crippen molar-refractivity contribution in [1.29, 1.82) is 0 Å². The second-order valence-corrected chi connectivity index (χ2v) is 5.81. The third kappa shape index (κ3) is 4.10. The summed E-state index contributed by atoms with van der Waals surface area (Å²) in [5, 5.41) is 6.77. The van der Waals surface area contributed by atoms with E-state index in [0.29, 0.717) is 24.8 Å². The Balaban J connectivity index is 1.39. The number of aromatic amines is 1. The van der Waals surface area contributed by atoms with Crippen LogP contribution >= 0.6 is 11.6 Å². The minimum Gasteiger partial charge on any atom is -0.375 e. The molecule has 23 heavy (non-hydrogen) atoms. The molecule has 1 amide bonds. The van der Waals surface area contributed by atoms with Crippen molar-refractivity contribution in [3.63, 3.8) is 0 Å². The van der Waals surface area contributed by atoms with E-state index in [9.17, 15) is 4.79 Å². The van der Waals surface area contributed by atoms with E-state index in [1.165, 1.54) is 0 Å². The number of H-pyrrole nitrogens is 1. The van der Waals surface area contributed by atoms with Gasteiger partial charge in [-0.05, 0) is 17.7 Å². The Bertz CT molecular complexity index is 656. The lowest BCUT2D eigenvalue weighted by Crippen LogP contribution is -2.42. The van der Waals surface area contributed by atoms with E-state index in [1.54, 1.807) is 6.33 Å². The molecule has 1 aliphatic heterocycles. The number of rotatable bonds is 6. The van der Waals surface area contributed by atoms with Gasteiger partial charge >= 0.3 is 0 Å². The zero-order chi connectivity index (χ0) is 16.1. The molecule has 2 aromatic rings. The molecule has 2 heterocycles. The van der Waals surface area contributed by atoms with Gasteiger partial charge in [-0.25, -0.2) is 4.98 Å². The van der Waals surface area contributed by atoms with Crippen LogP contribution in [0.2, 0.25) is 5.02 Å². The maximum Gasteiger partial charge on any atom is 0.243 e. The molecule has 1 aromatic carbocycles. The van der Waals surface area contributed by atoms with E-state index in [2.05, 4.69) is 20.6 Å². The number of carbonyl (C=O) groups excluding carboxylic acids is 1. The third-order valence-corrected chi connectivity index (χ3v) is 3.99. The summed E-state index contributed by atoms with van der Waals surface area (Å²) in [5.41, 5.74) is 2.87. The number of nitrogens with zero attached hydrogens (tertiary/aromatic N) is 1. The van der Waals surface area contributed by atoms with Crippen LogP contribution < -0.4 is 10.6 Å². The van der Waals surface area contributed by atoms with Gasteiger partial charge in [0.1, 0.15) is 6.04 Å². The van der Waals surface area contributed by atoms with Crippen molar-refractivity contribution < 1.29 is 9.53 Å². The van der Waals surface area contributed by atoms with Crippen molar-refractivity contribution in [3.05, 3.63) is 52.6 Å². The van der Waals surface area contributed by atoms with Crippen LogP contribution in [-0.2, 0) is 22.6 Å².